The van der Waals surface area contributed by atoms with Crippen LogP contribution in [0.4, 0.5) is 20.7 Å². The zero-order valence-electron chi connectivity index (χ0n) is 15.4. The Morgan fingerprint density at radius 1 is 1.07 bits per heavy atom. The molecule has 2 heterocycles. The molecule has 1 aromatic carbocycles. The molecule has 1 atom stereocenters. The number of anilines is 2. The zero-order valence-corrected chi connectivity index (χ0v) is 15.4. The number of carbonyl (C=O) groups excluding carboxylic acids is 1. The van der Waals surface area contributed by atoms with Gasteiger partial charge in [-0.3, -0.25) is 10.3 Å². The Bertz CT molecular complexity index is 919. The van der Waals surface area contributed by atoms with Gasteiger partial charge < -0.3 is 9.84 Å². The van der Waals surface area contributed by atoms with Crippen LogP contribution in [0, 0.1) is 0 Å². The topological polar surface area (TPSA) is 80.0 Å². The maximum Gasteiger partial charge on any atom is 0.324 e. The standard InChI is InChI=1S/C20H21FN4O2/c1-20(2,3)16-12-17(25-27-16)24-19(26)23-15-6-4-5-14(11-15)18(21)13-7-9-22-10-8-13/h4-12,18H,1-3H3,(H2,23,24,25,26). The van der Waals surface area contributed by atoms with E-state index < -0.39 is 12.2 Å². The van der Waals surface area contributed by atoms with E-state index in [1.807, 2.05) is 20.8 Å². The average molecular weight is 368 g/mol. The molecule has 0 radical (unpaired) electrons. The van der Waals surface area contributed by atoms with E-state index in [0.717, 1.165) is 0 Å². The van der Waals surface area contributed by atoms with Crippen molar-refractivity contribution < 1.29 is 13.7 Å². The number of benzene rings is 1. The second kappa shape index (κ2) is 7.57. The summed E-state index contributed by atoms with van der Waals surface area (Å²) in [6, 6.07) is 11.1. The van der Waals surface area contributed by atoms with Gasteiger partial charge in [-0.1, -0.05) is 38.1 Å². The molecule has 1 unspecified atom stereocenters. The molecule has 27 heavy (non-hydrogen) atoms. The molecule has 2 amide bonds. The molecule has 0 saturated carbocycles. The summed E-state index contributed by atoms with van der Waals surface area (Å²) in [6.07, 6.45) is 1.78. The largest absolute Gasteiger partial charge is 0.359 e. The molecule has 0 fully saturated rings. The van der Waals surface area contributed by atoms with Crippen molar-refractivity contribution in [1.82, 2.24) is 10.1 Å². The summed E-state index contributed by atoms with van der Waals surface area (Å²) >= 11 is 0. The predicted octanol–water partition coefficient (Wildman–Crippen LogP) is 5.07. The van der Waals surface area contributed by atoms with E-state index in [0.29, 0.717) is 28.4 Å². The summed E-state index contributed by atoms with van der Waals surface area (Å²) in [4.78, 5) is 16.1. The van der Waals surface area contributed by atoms with E-state index in [1.165, 1.54) is 0 Å². The number of aromatic nitrogens is 2. The summed E-state index contributed by atoms with van der Waals surface area (Å²) < 4.78 is 19.9. The van der Waals surface area contributed by atoms with Gasteiger partial charge in [-0.05, 0) is 35.4 Å². The van der Waals surface area contributed by atoms with E-state index in [4.69, 9.17) is 4.52 Å². The fourth-order valence-electron chi connectivity index (χ4n) is 2.47. The van der Waals surface area contributed by atoms with Gasteiger partial charge in [-0.25, -0.2) is 9.18 Å². The Balaban J connectivity index is 1.67. The van der Waals surface area contributed by atoms with Crippen LogP contribution in [-0.4, -0.2) is 16.2 Å². The van der Waals surface area contributed by atoms with Gasteiger partial charge in [0.2, 0.25) is 0 Å². The smallest absolute Gasteiger partial charge is 0.324 e. The number of hydrogen-bond acceptors (Lipinski definition) is 4. The van der Waals surface area contributed by atoms with Crippen molar-refractivity contribution in [3.05, 3.63) is 71.7 Å². The SMILES string of the molecule is CC(C)(C)c1cc(NC(=O)Nc2cccc(C(F)c3ccncc3)c2)no1. The minimum Gasteiger partial charge on any atom is -0.359 e. The van der Waals surface area contributed by atoms with Gasteiger partial charge in [-0.2, -0.15) is 0 Å². The fourth-order valence-corrected chi connectivity index (χ4v) is 2.47. The van der Waals surface area contributed by atoms with Gasteiger partial charge in [0.25, 0.3) is 0 Å². The normalized spacial score (nSPS) is 12.4. The highest BCUT2D eigenvalue weighted by Gasteiger charge is 2.20. The number of halogens is 1. The number of nitrogens with zero attached hydrogens (tertiary/aromatic N) is 2. The first-order chi connectivity index (χ1) is 12.8. The van der Waals surface area contributed by atoms with Gasteiger partial charge in [0.05, 0.1) is 0 Å². The van der Waals surface area contributed by atoms with Gasteiger partial charge >= 0.3 is 6.03 Å². The van der Waals surface area contributed by atoms with Gasteiger partial charge in [0, 0.05) is 29.6 Å². The van der Waals surface area contributed by atoms with Crippen LogP contribution in [0.25, 0.3) is 0 Å². The minimum absolute atomic E-state index is 0.208. The van der Waals surface area contributed by atoms with Crippen LogP contribution < -0.4 is 10.6 Å². The van der Waals surface area contributed by atoms with E-state index in [-0.39, 0.29) is 5.41 Å². The molecule has 7 heteroatoms. The Labute approximate surface area is 156 Å². The second-order valence-corrected chi connectivity index (χ2v) is 7.17. The minimum atomic E-state index is -1.30. The lowest BCUT2D eigenvalue weighted by Crippen LogP contribution is -2.19. The lowest BCUT2D eigenvalue weighted by molar-refractivity contribution is 0.262. The third kappa shape index (κ3) is 4.69. The summed E-state index contributed by atoms with van der Waals surface area (Å²) in [5.74, 6) is 0.978. The Kier molecular flexibility index (Phi) is 5.21. The quantitative estimate of drug-likeness (QED) is 0.674. The molecule has 0 bridgehead atoms. The number of hydrogen-bond donors (Lipinski definition) is 2. The molecular weight excluding hydrogens is 347 g/mol. The van der Waals surface area contributed by atoms with Crippen molar-refractivity contribution in [2.45, 2.75) is 32.4 Å². The number of pyridine rings is 1. The predicted molar refractivity (Wildman–Crippen MR) is 101 cm³/mol. The Morgan fingerprint density at radius 3 is 2.48 bits per heavy atom. The third-order valence-corrected chi connectivity index (χ3v) is 3.93. The molecule has 3 rings (SSSR count). The van der Waals surface area contributed by atoms with Crippen molar-refractivity contribution in [2.24, 2.45) is 0 Å². The highest BCUT2D eigenvalue weighted by atomic mass is 19.1. The van der Waals surface area contributed by atoms with E-state index >= 15 is 0 Å². The first-order valence-electron chi connectivity index (χ1n) is 8.52. The van der Waals surface area contributed by atoms with E-state index in [2.05, 4.69) is 20.8 Å². The molecule has 0 aliphatic rings. The molecule has 0 saturated heterocycles. The molecule has 0 aliphatic heterocycles. The van der Waals surface area contributed by atoms with Crippen LogP contribution in [0.2, 0.25) is 0 Å². The van der Waals surface area contributed by atoms with Crippen LogP contribution in [0.3, 0.4) is 0 Å². The average Bonchev–Trinajstić information content (AvgIpc) is 3.11. The zero-order chi connectivity index (χ0) is 19.4. The summed E-state index contributed by atoms with van der Waals surface area (Å²) in [5, 5.41) is 9.12. The summed E-state index contributed by atoms with van der Waals surface area (Å²) in [6.45, 7) is 5.96. The number of amides is 2. The first kappa shape index (κ1) is 18.6. The van der Waals surface area contributed by atoms with Crippen LogP contribution >= 0.6 is 0 Å². The van der Waals surface area contributed by atoms with E-state index in [1.54, 1.807) is 54.9 Å². The highest BCUT2D eigenvalue weighted by Crippen LogP contribution is 2.28. The molecule has 2 aromatic heterocycles. The highest BCUT2D eigenvalue weighted by molar-refractivity contribution is 5.99. The number of nitrogens with one attached hydrogen (secondary N) is 2. The van der Waals surface area contributed by atoms with Crippen LogP contribution in [-0.2, 0) is 5.41 Å². The van der Waals surface area contributed by atoms with Crippen molar-refractivity contribution in [3.8, 4) is 0 Å². The van der Waals surface area contributed by atoms with E-state index in [9.17, 15) is 9.18 Å². The maximum atomic E-state index is 14.7. The molecule has 0 aliphatic carbocycles. The lowest BCUT2D eigenvalue weighted by atomic mass is 9.93. The van der Waals surface area contributed by atoms with Gasteiger partial charge in [0.15, 0.2) is 12.0 Å². The monoisotopic (exact) mass is 368 g/mol. The van der Waals surface area contributed by atoms with Crippen molar-refractivity contribution in [2.75, 3.05) is 10.6 Å². The number of alkyl halides is 1. The van der Waals surface area contributed by atoms with Crippen molar-refractivity contribution >= 4 is 17.5 Å². The van der Waals surface area contributed by atoms with Crippen molar-refractivity contribution in [3.63, 3.8) is 0 Å². The third-order valence-electron chi connectivity index (χ3n) is 3.93. The van der Waals surface area contributed by atoms with Crippen LogP contribution in [0.15, 0.2) is 59.4 Å². The Hall–Kier alpha value is -3.22. The number of urea groups is 1. The van der Waals surface area contributed by atoms with Gasteiger partial charge in [-0.15, -0.1) is 0 Å². The molecule has 6 nitrogen and oxygen atoms in total. The summed E-state index contributed by atoms with van der Waals surface area (Å²) in [7, 11) is 0. The van der Waals surface area contributed by atoms with Crippen molar-refractivity contribution in [1.29, 1.82) is 0 Å². The molecule has 140 valence electrons. The lowest BCUT2D eigenvalue weighted by Gasteiger charge is -2.12. The number of carbonyl (C=O) groups is 1. The summed E-state index contributed by atoms with van der Waals surface area (Å²) in [5.41, 5.74) is 1.21. The van der Waals surface area contributed by atoms with Crippen LogP contribution in [0.5, 0.6) is 0 Å². The fraction of sp³-hybridized carbons (Fsp3) is 0.250. The maximum absolute atomic E-state index is 14.7. The molecule has 2 N–H and O–H groups in total. The number of rotatable bonds is 4. The Morgan fingerprint density at radius 2 is 1.81 bits per heavy atom. The molecule has 0 spiro atoms. The first-order valence-corrected chi connectivity index (χ1v) is 8.52. The molecule has 3 aromatic rings. The van der Waals surface area contributed by atoms with Gasteiger partial charge in [0.1, 0.15) is 5.76 Å². The second-order valence-electron chi connectivity index (χ2n) is 7.17. The molecular formula is C20H21FN4O2. The van der Waals surface area contributed by atoms with Crippen LogP contribution in [0.1, 0.15) is 43.8 Å².